The van der Waals surface area contributed by atoms with Gasteiger partial charge in [-0.1, -0.05) is 30.3 Å². The number of ether oxygens (including phenoxy) is 1. The summed E-state index contributed by atoms with van der Waals surface area (Å²) in [5.74, 6) is 0.464. The third-order valence-corrected chi connectivity index (χ3v) is 4.03. The Morgan fingerprint density at radius 3 is 2.81 bits per heavy atom. The first-order valence-electron chi connectivity index (χ1n) is 5.84. The number of piperidine rings is 1. The van der Waals surface area contributed by atoms with E-state index in [-0.39, 0.29) is 12.0 Å². The zero-order valence-electron chi connectivity index (χ0n) is 8.87. The Bertz CT molecular complexity index is 445. The van der Waals surface area contributed by atoms with E-state index < -0.39 is 0 Å². The van der Waals surface area contributed by atoms with E-state index in [2.05, 4.69) is 12.1 Å². The third-order valence-electron chi connectivity index (χ3n) is 4.03. The lowest BCUT2D eigenvalue weighted by Crippen LogP contribution is -2.40. The molecule has 0 spiro atoms. The molecule has 1 aliphatic carbocycles. The Hall–Kier alpha value is -1.35. The highest BCUT2D eigenvalue weighted by atomic mass is 16.6. The fraction of sp³-hybridized carbons (Fsp3) is 0.462. The average Bonchev–Trinajstić information content (AvgIpc) is 2.95. The van der Waals surface area contributed by atoms with Crippen molar-refractivity contribution in [3.05, 3.63) is 35.9 Å². The van der Waals surface area contributed by atoms with Crippen molar-refractivity contribution in [3.8, 4) is 0 Å². The van der Waals surface area contributed by atoms with Crippen molar-refractivity contribution in [2.45, 2.75) is 31.2 Å². The van der Waals surface area contributed by atoms with Crippen LogP contribution in [-0.4, -0.2) is 29.1 Å². The van der Waals surface area contributed by atoms with Gasteiger partial charge in [0.1, 0.15) is 6.10 Å². The van der Waals surface area contributed by atoms with Crippen LogP contribution in [0.2, 0.25) is 0 Å². The van der Waals surface area contributed by atoms with Gasteiger partial charge < -0.3 is 9.64 Å². The number of amides is 1. The minimum absolute atomic E-state index is 0.165. The number of carbonyl (C=O) groups is 1. The van der Waals surface area contributed by atoms with Gasteiger partial charge in [0, 0.05) is 6.54 Å². The Labute approximate surface area is 94.0 Å². The summed E-state index contributed by atoms with van der Waals surface area (Å²) in [4.78, 5) is 14.1. The van der Waals surface area contributed by atoms with E-state index in [0.29, 0.717) is 18.1 Å². The molecule has 0 N–H and O–H groups in total. The molecule has 2 bridgehead atoms. The molecule has 4 atom stereocenters. The zero-order chi connectivity index (χ0) is 10.7. The number of epoxide rings is 1. The summed E-state index contributed by atoms with van der Waals surface area (Å²) in [6.07, 6.45) is 1.64. The van der Waals surface area contributed by atoms with Gasteiger partial charge in [-0.25, -0.2) is 0 Å². The molecule has 1 aromatic rings. The number of likely N-dealkylation sites (tertiary alicyclic amines) is 1. The molecule has 0 aromatic heterocycles. The van der Waals surface area contributed by atoms with Crippen LogP contribution in [0.1, 0.15) is 12.0 Å². The number of hydrogen-bond donors (Lipinski definition) is 0. The van der Waals surface area contributed by atoms with E-state index in [1.54, 1.807) is 0 Å². The molecule has 0 unspecified atom stereocenters. The summed E-state index contributed by atoms with van der Waals surface area (Å²) in [6, 6.07) is 10.5. The Morgan fingerprint density at radius 2 is 2.06 bits per heavy atom. The lowest BCUT2D eigenvalue weighted by atomic mass is 10.1. The van der Waals surface area contributed by atoms with E-state index in [1.807, 2.05) is 23.1 Å². The maximum absolute atomic E-state index is 12.1. The number of benzene rings is 1. The molecule has 2 aliphatic heterocycles. The van der Waals surface area contributed by atoms with Crippen LogP contribution in [0.3, 0.4) is 0 Å². The molecule has 3 heteroatoms. The first-order chi connectivity index (χ1) is 7.84. The van der Waals surface area contributed by atoms with Gasteiger partial charge in [-0.15, -0.1) is 0 Å². The van der Waals surface area contributed by atoms with Crippen LogP contribution in [0.5, 0.6) is 0 Å². The predicted molar refractivity (Wildman–Crippen MR) is 57.5 cm³/mol. The fourth-order valence-corrected chi connectivity index (χ4v) is 3.20. The van der Waals surface area contributed by atoms with E-state index in [0.717, 1.165) is 13.0 Å². The molecule has 3 fully saturated rings. The van der Waals surface area contributed by atoms with E-state index in [1.165, 1.54) is 5.56 Å². The van der Waals surface area contributed by atoms with Gasteiger partial charge in [-0.2, -0.15) is 0 Å². The van der Waals surface area contributed by atoms with Crippen molar-refractivity contribution in [2.75, 3.05) is 0 Å². The van der Waals surface area contributed by atoms with Crippen LogP contribution in [0, 0.1) is 5.92 Å². The van der Waals surface area contributed by atoms with E-state index >= 15 is 0 Å². The second-order valence-corrected chi connectivity index (χ2v) is 4.93. The highest BCUT2D eigenvalue weighted by molar-refractivity contribution is 5.84. The standard InChI is InChI=1S/C13H13NO2/c15-13-9-6-10(12-11(9)16-12)14(13)7-8-4-2-1-3-5-8/h1-5,9-12H,6-7H2/t9-,10+,11+,12-/m1/s1. The highest BCUT2D eigenvalue weighted by Crippen LogP contribution is 2.51. The summed E-state index contributed by atoms with van der Waals surface area (Å²) in [5, 5.41) is 0. The summed E-state index contributed by atoms with van der Waals surface area (Å²) < 4.78 is 5.52. The Morgan fingerprint density at radius 1 is 1.25 bits per heavy atom. The largest absolute Gasteiger partial charge is 0.366 e. The molecule has 4 rings (SSSR count). The monoisotopic (exact) mass is 215 g/mol. The molecular formula is C13H13NO2. The highest BCUT2D eigenvalue weighted by Gasteiger charge is 2.66. The van der Waals surface area contributed by atoms with Gasteiger partial charge in [0.2, 0.25) is 5.91 Å². The first kappa shape index (κ1) is 8.76. The number of rotatable bonds is 2. The van der Waals surface area contributed by atoms with E-state index in [4.69, 9.17) is 4.74 Å². The maximum atomic E-state index is 12.1. The number of carbonyl (C=O) groups excluding carboxylic acids is 1. The molecule has 3 aliphatic rings. The topological polar surface area (TPSA) is 32.8 Å². The second-order valence-electron chi connectivity index (χ2n) is 4.93. The molecule has 3 nitrogen and oxygen atoms in total. The van der Waals surface area contributed by atoms with Gasteiger partial charge in [0.15, 0.2) is 0 Å². The number of fused-ring (bicyclic) bond motifs is 5. The van der Waals surface area contributed by atoms with Crippen LogP contribution in [-0.2, 0) is 16.1 Å². The van der Waals surface area contributed by atoms with Crippen molar-refractivity contribution < 1.29 is 9.53 Å². The molecule has 1 aromatic carbocycles. The van der Waals surface area contributed by atoms with Crippen LogP contribution >= 0.6 is 0 Å². The first-order valence-corrected chi connectivity index (χ1v) is 5.84. The van der Waals surface area contributed by atoms with E-state index in [9.17, 15) is 4.79 Å². The van der Waals surface area contributed by atoms with Crippen molar-refractivity contribution in [3.63, 3.8) is 0 Å². The molecular weight excluding hydrogens is 202 g/mol. The van der Waals surface area contributed by atoms with Crippen LogP contribution < -0.4 is 0 Å². The number of nitrogens with zero attached hydrogens (tertiary/aromatic N) is 1. The second kappa shape index (κ2) is 2.86. The lowest BCUT2D eigenvalue weighted by molar-refractivity contribution is -0.133. The third kappa shape index (κ3) is 1.04. The van der Waals surface area contributed by atoms with Crippen LogP contribution in [0.4, 0.5) is 0 Å². The molecule has 1 amide bonds. The molecule has 2 saturated heterocycles. The maximum Gasteiger partial charge on any atom is 0.229 e. The lowest BCUT2D eigenvalue weighted by Gasteiger charge is -2.25. The van der Waals surface area contributed by atoms with Gasteiger partial charge in [-0.05, 0) is 12.0 Å². The fourth-order valence-electron chi connectivity index (χ4n) is 3.20. The normalized spacial score (nSPS) is 39.0. The smallest absolute Gasteiger partial charge is 0.229 e. The summed E-state index contributed by atoms with van der Waals surface area (Å²) in [5.41, 5.74) is 1.21. The Balaban J connectivity index is 1.59. The van der Waals surface area contributed by atoms with Crippen molar-refractivity contribution in [1.82, 2.24) is 4.90 Å². The van der Waals surface area contributed by atoms with Crippen molar-refractivity contribution in [1.29, 1.82) is 0 Å². The molecule has 0 radical (unpaired) electrons. The quantitative estimate of drug-likeness (QED) is 0.694. The molecule has 16 heavy (non-hydrogen) atoms. The Kier molecular flexibility index (Phi) is 1.56. The van der Waals surface area contributed by atoms with Crippen molar-refractivity contribution in [2.24, 2.45) is 5.92 Å². The molecule has 1 saturated carbocycles. The molecule has 82 valence electrons. The SMILES string of the molecule is O=C1[C@@H]2C[C@@H]([C@H]3O[C@H]32)N1Cc1ccccc1. The van der Waals surface area contributed by atoms with Gasteiger partial charge >= 0.3 is 0 Å². The minimum atomic E-state index is 0.165. The van der Waals surface area contributed by atoms with Crippen molar-refractivity contribution >= 4 is 5.91 Å². The van der Waals surface area contributed by atoms with Gasteiger partial charge in [0.05, 0.1) is 18.1 Å². The zero-order valence-corrected chi connectivity index (χ0v) is 8.87. The summed E-state index contributed by atoms with van der Waals surface area (Å²) >= 11 is 0. The average molecular weight is 215 g/mol. The summed E-state index contributed by atoms with van der Waals surface area (Å²) in [6.45, 7) is 0.743. The predicted octanol–water partition coefficient (Wildman–Crippen LogP) is 1.18. The van der Waals surface area contributed by atoms with Gasteiger partial charge in [-0.3, -0.25) is 4.79 Å². The van der Waals surface area contributed by atoms with Gasteiger partial charge in [0.25, 0.3) is 0 Å². The van der Waals surface area contributed by atoms with Crippen LogP contribution in [0.25, 0.3) is 0 Å². The van der Waals surface area contributed by atoms with Crippen LogP contribution in [0.15, 0.2) is 30.3 Å². The minimum Gasteiger partial charge on any atom is -0.366 e. The molecule has 2 heterocycles. The summed E-state index contributed by atoms with van der Waals surface area (Å²) in [7, 11) is 0. The number of hydrogen-bond acceptors (Lipinski definition) is 2.